The molecular formula is C12H17N3O6. The molecule has 2 rings (SSSR count). The summed E-state index contributed by atoms with van der Waals surface area (Å²) in [6, 6.07) is -0.548. The van der Waals surface area contributed by atoms with Crippen LogP contribution in [0.25, 0.3) is 0 Å². The molecule has 0 spiro atoms. The van der Waals surface area contributed by atoms with Crippen molar-refractivity contribution in [2.45, 2.75) is 39.0 Å². The highest BCUT2D eigenvalue weighted by Crippen LogP contribution is 2.20. The third kappa shape index (κ3) is 2.91. The highest BCUT2D eigenvalue weighted by atomic mass is 16.5. The van der Waals surface area contributed by atoms with Crippen LogP contribution in [0.2, 0.25) is 0 Å². The second-order valence-corrected chi connectivity index (χ2v) is 4.97. The van der Waals surface area contributed by atoms with E-state index in [4.69, 9.17) is 9.47 Å². The second-order valence-electron chi connectivity index (χ2n) is 4.97. The first kappa shape index (κ1) is 15.1. The first-order valence-corrected chi connectivity index (χ1v) is 6.50. The molecule has 0 aromatic carbocycles. The van der Waals surface area contributed by atoms with Crippen LogP contribution in [0.4, 0.5) is 0 Å². The molecule has 21 heavy (non-hydrogen) atoms. The topological polar surface area (TPSA) is 102 Å². The molecule has 1 aliphatic rings. The number of carbonyl (C=O) groups is 2. The molecule has 0 N–H and O–H groups in total. The predicted octanol–water partition coefficient (Wildman–Crippen LogP) is -1.21. The molecule has 1 aromatic heterocycles. The number of hydrogen-bond donors (Lipinski definition) is 0. The Hall–Kier alpha value is -2.32. The van der Waals surface area contributed by atoms with Crippen LogP contribution in [-0.2, 0) is 32.7 Å². The molecule has 0 saturated carbocycles. The lowest BCUT2D eigenvalue weighted by atomic mass is 10.1. The zero-order chi connectivity index (χ0) is 15.7. The van der Waals surface area contributed by atoms with Crippen LogP contribution in [0.1, 0.15) is 26.3 Å². The summed E-state index contributed by atoms with van der Waals surface area (Å²) in [5.41, 5.74) is -0.983. The predicted molar refractivity (Wildman–Crippen MR) is 69.8 cm³/mol. The number of nitrogens with zero attached hydrogens (tertiary/aromatic N) is 3. The number of fused-ring (bicyclic) bond motifs is 1. The lowest BCUT2D eigenvalue weighted by Crippen LogP contribution is -2.43. The van der Waals surface area contributed by atoms with E-state index in [0.717, 1.165) is 4.57 Å². The molecule has 0 fully saturated rings. The summed E-state index contributed by atoms with van der Waals surface area (Å²) in [5, 5.41) is 0. The molecule has 1 aromatic rings. The molecule has 0 radical (unpaired) electrons. The van der Waals surface area contributed by atoms with Gasteiger partial charge in [0, 0.05) is 27.3 Å². The highest BCUT2D eigenvalue weighted by molar-refractivity contribution is 5.66. The van der Waals surface area contributed by atoms with Crippen molar-refractivity contribution >= 4 is 11.9 Å². The summed E-state index contributed by atoms with van der Waals surface area (Å²) in [5.74, 6) is -0.950. The third-order valence-electron chi connectivity index (χ3n) is 3.32. The molecule has 0 amide bonds. The van der Waals surface area contributed by atoms with Crippen LogP contribution < -0.4 is 11.4 Å². The Bertz CT molecular complexity index is 682. The van der Waals surface area contributed by atoms with Crippen LogP contribution in [0.15, 0.2) is 9.59 Å². The smallest absolute Gasteiger partial charge is 0.347 e. The van der Waals surface area contributed by atoms with E-state index in [-0.39, 0.29) is 13.2 Å². The van der Waals surface area contributed by atoms with Crippen molar-refractivity contribution < 1.29 is 19.1 Å². The van der Waals surface area contributed by atoms with Gasteiger partial charge >= 0.3 is 23.3 Å². The van der Waals surface area contributed by atoms with E-state index < -0.39 is 35.5 Å². The van der Waals surface area contributed by atoms with E-state index in [9.17, 15) is 19.2 Å². The van der Waals surface area contributed by atoms with E-state index in [1.165, 1.54) is 30.3 Å². The molecule has 0 aliphatic carbocycles. The van der Waals surface area contributed by atoms with E-state index in [0.29, 0.717) is 6.42 Å². The fourth-order valence-electron chi connectivity index (χ4n) is 2.47. The van der Waals surface area contributed by atoms with Crippen molar-refractivity contribution in [3.8, 4) is 0 Å². The van der Waals surface area contributed by atoms with Crippen LogP contribution in [0.5, 0.6) is 0 Å². The average Bonchev–Trinajstić information content (AvgIpc) is 2.60. The van der Waals surface area contributed by atoms with Crippen LogP contribution in [0, 0.1) is 0 Å². The van der Waals surface area contributed by atoms with Gasteiger partial charge in [-0.3, -0.25) is 9.59 Å². The molecule has 2 atom stereocenters. The van der Waals surface area contributed by atoms with Gasteiger partial charge in [-0.25, -0.2) is 23.5 Å². The summed E-state index contributed by atoms with van der Waals surface area (Å²) < 4.78 is 13.5. The largest absolute Gasteiger partial charge is 0.464 e. The van der Waals surface area contributed by atoms with Crippen LogP contribution in [0.3, 0.4) is 0 Å². The maximum absolute atomic E-state index is 12.1. The maximum Gasteiger partial charge on any atom is 0.347 e. The number of carbonyl (C=O) groups excluding carboxylic acids is 2. The van der Waals surface area contributed by atoms with Crippen molar-refractivity contribution in [1.82, 2.24) is 13.9 Å². The molecule has 1 aliphatic heterocycles. The fourth-order valence-corrected chi connectivity index (χ4v) is 2.47. The molecular weight excluding hydrogens is 282 g/mol. The van der Waals surface area contributed by atoms with E-state index >= 15 is 0 Å². The molecule has 0 unspecified atom stereocenters. The SMILES string of the molecule is CC(=O)OC[C@@H]1C[C@H](OC(C)=O)Cn2c(=O)n(C)c(=O)n21. The van der Waals surface area contributed by atoms with Gasteiger partial charge in [0.25, 0.3) is 0 Å². The number of esters is 2. The second kappa shape index (κ2) is 5.58. The quantitative estimate of drug-likeness (QED) is 0.649. The normalized spacial score (nSPS) is 20.7. The molecule has 116 valence electrons. The zero-order valence-electron chi connectivity index (χ0n) is 12.1. The minimum absolute atomic E-state index is 0.0591. The van der Waals surface area contributed by atoms with Gasteiger partial charge in [-0.05, 0) is 0 Å². The molecule has 0 saturated heterocycles. The van der Waals surface area contributed by atoms with Crippen molar-refractivity contribution in [3.05, 3.63) is 21.0 Å². The summed E-state index contributed by atoms with van der Waals surface area (Å²) in [6.45, 7) is 2.57. The van der Waals surface area contributed by atoms with Gasteiger partial charge in [-0.15, -0.1) is 0 Å². The Morgan fingerprint density at radius 1 is 1.19 bits per heavy atom. The Kier molecular flexibility index (Phi) is 4.01. The standard InChI is InChI=1S/C12H17N3O6/c1-7(16)20-6-9-4-10(21-8(2)17)5-14-11(18)13(3)12(19)15(9)14/h9-10H,4-6H2,1-3H3/t9-,10-/m0/s1. The van der Waals surface area contributed by atoms with E-state index in [1.807, 2.05) is 0 Å². The minimum atomic E-state index is -0.548. The molecule has 9 nitrogen and oxygen atoms in total. The van der Waals surface area contributed by atoms with Gasteiger partial charge in [-0.1, -0.05) is 0 Å². The monoisotopic (exact) mass is 299 g/mol. The Morgan fingerprint density at radius 2 is 1.86 bits per heavy atom. The van der Waals surface area contributed by atoms with E-state index in [2.05, 4.69) is 0 Å². The summed E-state index contributed by atoms with van der Waals surface area (Å²) >= 11 is 0. The maximum atomic E-state index is 12.1. The fraction of sp³-hybridized carbons (Fsp3) is 0.667. The summed E-state index contributed by atoms with van der Waals surface area (Å²) in [4.78, 5) is 46.1. The zero-order valence-corrected chi connectivity index (χ0v) is 12.1. The first-order valence-electron chi connectivity index (χ1n) is 6.50. The third-order valence-corrected chi connectivity index (χ3v) is 3.32. The van der Waals surface area contributed by atoms with Crippen molar-refractivity contribution in [1.29, 1.82) is 0 Å². The molecule has 9 heteroatoms. The van der Waals surface area contributed by atoms with Crippen LogP contribution in [-0.4, -0.2) is 38.6 Å². The van der Waals surface area contributed by atoms with Gasteiger partial charge < -0.3 is 9.47 Å². The molecule has 0 bridgehead atoms. The van der Waals surface area contributed by atoms with Gasteiger partial charge in [0.05, 0.1) is 12.6 Å². The lowest BCUT2D eigenvalue weighted by molar-refractivity contribution is -0.152. The Labute approximate surface area is 119 Å². The summed E-state index contributed by atoms with van der Waals surface area (Å²) in [6.07, 6.45) is -0.237. The van der Waals surface area contributed by atoms with E-state index in [1.54, 1.807) is 0 Å². The Morgan fingerprint density at radius 3 is 2.43 bits per heavy atom. The van der Waals surface area contributed by atoms with Gasteiger partial charge in [0.1, 0.15) is 12.7 Å². The average molecular weight is 299 g/mol. The first-order chi connectivity index (χ1) is 9.81. The van der Waals surface area contributed by atoms with Gasteiger partial charge in [-0.2, -0.15) is 0 Å². The number of ether oxygens (including phenoxy) is 2. The molecule has 2 heterocycles. The number of rotatable bonds is 3. The van der Waals surface area contributed by atoms with Crippen molar-refractivity contribution in [3.63, 3.8) is 0 Å². The summed E-state index contributed by atoms with van der Waals surface area (Å²) in [7, 11) is 1.37. The highest BCUT2D eigenvalue weighted by Gasteiger charge is 2.33. The van der Waals surface area contributed by atoms with Gasteiger partial charge in [0.2, 0.25) is 0 Å². The lowest BCUT2D eigenvalue weighted by Gasteiger charge is -2.30. The minimum Gasteiger partial charge on any atom is -0.464 e. The number of hydrogen-bond acceptors (Lipinski definition) is 6. The Balaban J connectivity index is 2.38. The number of aromatic nitrogens is 3. The van der Waals surface area contributed by atoms with Crippen LogP contribution >= 0.6 is 0 Å². The van der Waals surface area contributed by atoms with Gasteiger partial charge in [0.15, 0.2) is 0 Å². The van der Waals surface area contributed by atoms with Crippen molar-refractivity contribution in [2.75, 3.05) is 6.61 Å². The van der Waals surface area contributed by atoms with Crippen molar-refractivity contribution in [2.24, 2.45) is 7.05 Å².